The number of halogens is 2. The molecule has 0 atom stereocenters. The maximum absolute atomic E-state index is 14.0. The minimum Gasteiger partial charge on any atom is -0.490 e. The third kappa shape index (κ3) is 5.22. The molecule has 0 aliphatic carbocycles. The standard InChI is InChI=1S/C27H27F2N5O/c1-30-27-23-14-20(19-12-21(28)16-22(29)13-19)15-24(35-11-10-34-8-3-2-4-9-34)25(23)32-26(33-27)18-6-5-7-31-17-18/h5-7,12-17H,2-4,8-11H2,1H3,(H,30,32,33). The summed E-state index contributed by atoms with van der Waals surface area (Å²) >= 11 is 0. The zero-order valence-electron chi connectivity index (χ0n) is 19.6. The lowest BCUT2D eigenvalue weighted by Crippen LogP contribution is -2.33. The number of rotatable bonds is 7. The van der Waals surface area contributed by atoms with E-state index in [9.17, 15) is 8.78 Å². The highest BCUT2D eigenvalue weighted by Gasteiger charge is 2.17. The Balaban J connectivity index is 1.60. The van der Waals surface area contributed by atoms with Crippen LogP contribution in [0.25, 0.3) is 33.4 Å². The van der Waals surface area contributed by atoms with Crippen LogP contribution in [0, 0.1) is 11.6 Å². The van der Waals surface area contributed by atoms with Crippen LogP contribution < -0.4 is 10.1 Å². The van der Waals surface area contributed by atoms with Crippen molar-refractivity contribution in [1.29, 1.82) is 0 Å². The van der Waals surface area contributed by atoms with E-state index in [1.807, 2.05) is 18.2 Å². The molecule has 5 rings (SSSR count). The lowest BCUT2D eigenvalue weighted by Gasteiger charge is -2.26. The van der Waals surface area contributed by atoms with Crippen LogP contribution in [0.3, 0.4) is 0 Å². The zero-order chi connectivity index (χ0) is 24.2. The Morgan fingerprint density at radius 2 is 1.71 bits per heavy atom. The molecule has 1 fully saturated rings. The molecule has 0 spiro atoms. The van der Waals surface area contributed by atoms with Crippen LogP contribution in [-0.2, 0) is 0 Å². The topological polar surface area (TPSA) is 63.2 Å². The number of pyridine rings is 1. The molecule has 6 nitrogen and oxygen atoms in total. The summed E-state index contributed by atoms with van der Waals surface area (Å²) in [4.78, 5) is 16.1. The van der Waals surface area contributed by atoms with Gasteiger partial charge < -0.3 is 10.1 Å². The lowest BCUT2D eigenvalue weighted by atomic mass is 10.0. The van der Waals surface area contributed by atoms with E-state index in [1.54, 1.807) is 25.5 Å². The van der Waals surface area contributed by atoms with Crippen molar-refractivity contribution in [2.75, 3.05) is 38.6 Å². The van der Waals surface area contributed by atoms with Gasteiger partial charge in [-0.1, -0.05) is 6.42 Å². The second-order valence-corrected chi connectivity index (χ2v) is 8.67. The highest BCUT2D eigenvalue weighted by molar-refractivity contribution is 5.97. The van der Waals surface area contributed by atoms with Crippen molar-refractivity contribution in [2.24, 2.45) is 0 Å². The first-order valence-electron chi connectivity index (χ1n) is 11.9. The number of ether oxygens (including phenoxy) is 1. The fraction of sp³-hybridized carbons (Fsp3) is 0.296. The molecule has 3 heterocycles. The van der Waals surface area contributed by atoms with E-state index in [0.717, 1.165) is 31.3 Å². The molecular weight excluding hydrogens is 448 g/mol. The van der Waals surface area contributed by atoms with Crippen molar-refractivity contribution >= 4 is 16.7 Å². The van der Waals surface area contributed by atoms with Gasteiger partial charge in [-0.2, -0.15) is 0 Å². The number of nitrogens with one attached hydrogen (secondary N) is 1. The molecule has 1 aliphatic heterocycles. The van der Waals surface area contributed by atoms with E-state index in [1.165, 1.54) is 31.4 Å². The van der Waals surface area contributed by atoms with Crippen molar-refractivity contribution in [1.82, 2.24) is 19.9 Å². The van der Waals surface area contributed by atoms with Gasteiger partial charge in [0.25, 0.3) is 0 Å². The summed E-state index contributed by atoms with van der Waals surface area (Å²) in [5, 5.41) is 3.84. The molecule has 180 valence electrons. The Bertz CT molecular complexity index is 1310. The second-order valence-electron chi connectivity index (χ2n) is 8.67. The van der Waals surface area contributed by atoms with Crippen molar-refractivity contribution in [3.63, 3.8) is 0 Å². The van der Waals surface area contributed by atoms with Crippen LogP contribution in [0.15, 0.2) is 54.9 Å². The molecule has 4 aromatic rings. The van der Waals surface area contributed by atoms with Gasteiger partial charge in [0.2, 0.25) is 0 Å². The van der Waals surface area contributed by atoms with Gasteiger partial charge in [-0.25, -0.2) is 18.7 Å². The number of benzene rings is 2. The van der Waals surface area contributed by atoms with E-state index in [-0.39, 0.29) is 0 Å². The van der Waals surface area contributed by atoms with Gasteiger partial charge in [-0.3, -0.25) is 9.88 Å². The Morgan fingerprint density at radius 3 is 2.43 bits per heavy atom. The van der Waals surface area contributed by atoms with E-state index in [2.05, 4.69) is 20.2 Å². The number of aromatic nitrogens is 3. The lowest BCUT2D eigenvalue weighted by molar-refractivity contribution is 0.184. The number of piperidine rings is 1. The summed E-state index contributed by atoms with van der Waals surface area (Å²) in [5.41, 5.74) is 2.45. The third-order valence-electron chi connectivity index (χ3n) is 6.23. The van der Waals surface area contributed by atoms with Gasteiger partial charge in [-0.05, 0) is 73.5 Å². The summed E-state index contributed by atoms with van der Waals surface area (Å²) in [6, 6.07) is 10.8. The molecule has 1 N–H and O–H groups in total. The molecule has 0 saturated carbocycles. The van der Waals surface area contributed by atoms with Gasteiger partial charge in [0.15, 0.2) is 5.82 Å². The fourth-order valence-electron chi connectivity index (χ4n) is 4.48. The number of likely N-dealkylation sites (tertiary alicyclic amines) is 1. The van der Waals surface area contributed by atoms with E-state index < -0.39 is 11.6 Å². The van der Waals surface area contributed by atoms with Crippen LogP contribution in [0.2, 0.25) is 0 Å². The molecule has 8 heteroatoms. The Labute approximate surface area is 203 Å². The molecule has 1 saturated heterocycles. The predicted octanol–water partition coefficient (Wildman–Crippen LogP) is 5.54. The summed E-state index contributed by atoms with van der Waals surface area (Å²) < 4.78 is 34.3. The Hall–Kier alpha value is -3.65. The number of anilines is 1. The molecule has 1 aliphatic rings. The van der Waals surface area contributed by atoms with Gasteiger partial charge in [0.1, 0.15) is 35.3 Å². The van der Waals surface area contributed by atoms with Crippen molar-refractivity contribution in [3.05, 3.63) is 66.5 Å². The quantitative estimate of drug-likeness (QED) is 0.379. The zero-order valence-corrected chi connectivity index (χ0v) is 19.6. The number of fused-ring (bicyclic) bond motifs is 1. The first kappa shape index (κ1) is 23.1. The molecular formula is C27H27F2N5O. The monoisotopic (exact) mass is 475 g/mol. The molecule has 35 heavy (non-hydrogen) atoms. The van der Waals surface area contributed by atoms with Crippen LogP contribution in [0.5, 0.6) is 5.75 Å². The Kier molecular flexibility index (Phi) is 6.81. The summed E-state index contributed by atoms with van der Waals surface area (Å²) in [5.74, 6) is 0.381. The van der Waals surface area contributed by atoms with Crippen LogP contribution in [0.1, 0.15) is 19.3 Å². The smallest absolute Gasteiger partial charge is 0.163 e. The van der Waals surface area contributed by atoms with Crippen LogP contribution in [-0.4, -0.2) is 53.1 Å². The van der Waals surface area contributed by atoms with E-state index in [0.29, 0.717) is 46.0 Å². The van der Waals surface area contributed by atoms with Crippen LogP contribution >= 0.6 is 0 Å². The van der Waals surface area contributed by atoms with Crippen molar-refractivity contribution in [3.8, 4) is 28.3 Å². The average Bonchev–Trinajstić information content (AvgIpc) is 2.88. The SMILES string of the molecule is CNc1nc(-c2cccnc2)nc2c(OCCN3CCCCC3)cc(-c3cc(F)cc(F)c3)cc12. The predicted molar refractivity (Wildman–Crippen MR) is 133 cm³/mol. The first-order valence-corrected chi connectivity index (χ1v) is 11.9. The minimum atomic E-state index is -0.635. The molecule has 2 aromatic carbocycles. The Morgan fingerprint density at radius 1 is 0.943 bits per heavy atom. The van der Waals surface area contributed by atoms with E-state index in [4.69, 9.17) is 9.72 Å². The van der Waals surface area contributed by atoms with Crippen molar-refractivity contribution in [2.45, 2.75) is 19.3 Å². The largest absolute Gasteiger partial charge is 0.490 e. The van der Waals surface area contributed by atoms with Gasteiger partial charge >= 0.3 is 0 Å². The third-order valence-corrected chi connectivity index (χ3v) is 6.23. The molecule has 2 aromatic heterocycles. The van der Waals surface area contributed by atoms with Gasteiger partial charge in [0, 0.05) is 43.0 Å². The average molecular weight is 476 g/mol. The molecule has 0 radical (unpaired) electrons. The highest BCUT2D eigenvalue weighted by Crippen LogP contribution is 2.36. The fourth-order valence-corrected chi connectivity index (χ4v) is 4.48. The van der Waals surface area contributed by atoms with Gasteiger partial charge in [-0.15, -0.1) is 0 Å². The number of hydrogen-bond acceptors (Lipinski definition) is 6. The number of nitrogens with zero attached hydrogens (tertiary/aromatic N) is 4. The normalized spacial score (nSPS) is 14.3. The van der Waals surface area contributed by atoms with E-state index >= 15 is 0 Å². The summed E-state index contributed by atoms with van der Waals surface area (Å²) in [6.07, 6.45) is 7.09. The minimum absolute atomic E-state index is 0.420. The van der Waals surface area contributed by atoms with Crippen LogP contribution in [0.4, 0.5) is 14.6 Å². The molecule has 0 bridgehead atoms. The van der Waals surface area contributed by atoms with Gasteiger partial charge in [0.05, 0.1) is 0 Å². The maximum atomic E-state index is 14.0. The highest BCUT2D eigenvalue weighted by atomic mass is 19.1. The number of hydrogen-bond donors (Lipinski definition) is 1. The summed E-state index contributed by atoms with van der Waals surface area (Å²) in [7, 11) is 1.78. The van der Waals surface area contributed by atoms with Crippen molar-refractivity contribution < 1.29 is 13.5 Å². The maximum Gasteiger partial charge on any atom is 0.163 e. The molecule has 0 unspecified atom stereocenters. The first-order chi connectivity index (χ1) is 17.1. The second kappa shape index (κ2) is 10.3. The summed E-state index contributed by atoms with van der Waals surface area (Å²) in [6.45, 7) is 3.44. The molecule has 0 amide bonds.